The predicted molar refractivity (Wildman–Crippen MR) is 66.4 cm³/mol. The maximum Gasteiger partial charge on any atom is 0.305 e. The first-order valence-corrected chi connectivity index (χ1v) is 5.91. The number of halogens is 1. The molecule has 1 N–H and O–H groups in total. The summed E-state index contributed by atoms with van der Waals surface area (Å²) in [6, 6.07) is 5.79. The van der Waals surface area contributed by atoms with Crippen LogP contribution in [-0.4, -0.2) is 41.6 Å². The van der Waals surface area contributed by atoms with Crippen LogP contribution in [0.15, 0.2) is 24.3 Å². The van der Waals surface area contributed by atoms with Crippen LogP contribution in [-0.2, 0) is 9.59 Å². The molecule has 1 amide bonds. The van der Waals surface area contributed by atoms with Gasteiger partial charge in [-0.3, -0.25) is 9.59 Å². The molecular formula is C13H16FNO4. The molecule has 1 aromatic rings. The molecule has 0 saturated heterocycles. The van der Waals surface area contributed by atoms with Gasteiger partial charge in [0, 0.05) is 13.1 Å². The van der Waals surface area contributed by atoms with Crippen molar-refractivity contribution in [1.29, 1.82) is 0 Å². The number of benzene rings is 1. The van der Waals surface area contributed by atoms with Crippen LogP contribution in [0.25, 0.3) is 0 Å². The average molecular weight is 269 g/mol. The molecule has 19 heavy (non-hydrogen) atoms. The minimum atomic E-state index is -0.971. The number of likely N-dealkylation sites (N-methyl/N-ethyl adjacent to an activating group) is 1. The fourth-order valence-electron chi connectivity index (χ4n) is 1.48. The third-order valence-corrected chi connectivity index (χ3v) is 2.52. The van der Waals surface area contributed by atoms with E-state index in [1.165, 1.54) is 23.1 Å². The summed E-state index contributed by atoms with van der Waals surface area (Å²) in [5.41, 5.74) is 0. The summed E-state index contributed by atoms with van der Waals surface area (Å²) in [6.07, 6.45) is -0.126. The van der Waals surface area contributed by atoms with Crippen molar-refractivity contribution in [2.45, 2.75) is 13.3 Å². The third-order valence-electron chi connectivity index (χ3n) is 2.52. The topological polar surface area (TPSA) is 66.8 Å². The molecule has 0 unspecified atom stereocenters. The Kier molecular flexibility index (Phi) is 5.78. The number of carbonyl (C=O) groups is 2. The number of carboxylic acids is 1. The second-order valence-corrected chi connectivity index (χ2v) is 3.84. The van der Waals surface area contributed by atoms with Crippen molar-refractivity contribution >= 4 is 11.9 Å². The predicted octanol–water partition coefficient (Wildman–Crippen LogP) is 1.53. The third kappa shape index (κ3) is 4.95. The van der Waals surface area contributed by atoms with Crippen LogP contribution in [0.5, 0.6) is 5.75 Å². The van der Waals surface area contributed by atoms with Gasteiger partial charge in [0.2, 0.25) is 0 Å². The Balaban J connectivity index is 2.49. The van der Waals surface area contributed by atoms with E-state index < -0.39 is 11.8 Å². The van der Waals surface area contributed by atoms with Crippen LogP contribution in [0.4, 0.5) is 4.39 Å². The molecule has 1 rings (SSSR count). The number of para-hydroxylation sites is 1. The lowest BCUT2D eigenvalue weighted by Gasteiger charge is -2.20. The maximum absolute atomic E-state index is 13.2. The Labute approximate surface area is 110 Å². The minimum Gasteiger partial charge on any atom is -0.481 e. The minimum absolute atomic E-state index is 0.00476. The molecule has 0 aliphatic rings. The van der Waals surface area contributed by atoms with Crippen molar-refractivity contribution in [1.82, 2.24) is 4.90 Å². The molecule has 0 aliphatic heterocycles. The number of nitrogens with zero attached hydrogens (tertiary/aromatic N) is 1. The number of hydrogen-bond acceptors (Lipinski definition) is 3. The summed E-state index contributed by atoms with van der Waals surface area (Å²) in [7, 11) is 0. The second-order valence-electron chi connectivity index (χ2n) is 3.84. The van der Waals surface area contributed by atoms with Gasteiger partial charge in [0.15, 0.2) is 18.2 Å². The van der Waals surface area contributed by atoms with Gasteiger partial charge in [-0.05, 0) is 19.1 Å². The summed E-state index contributed by atoms with van der Waals surface area (Å²) in [6.45, 7) is 1.93. The zero-order valence-corrected chi connectivity index (χ0v) is 10.6. The highest BCUT2D eigenvalue weighted by Gasteiger charge is 2.14. The first-order valence-electron chi connectivity index (χ1n) is 5.91. The van der Waals surface area contributed by atoms with E-state index in [-0.39, 0.29) is 31.2 Å². The van der Waals surface area contributed by atoms with Gasteiger partial charge in [-0.25, -0.2) is 4.39 Å². The number of aliphatic carboxylic acids is 1. The Bertz CT molecular complexity index is 450. The molecule has 0 aliphatic carbocycles. The number of carboxylic acid groups (broad SMARTS) is 1. The molecule has 0 spiro atoms. The van der Waals surface area contributed by atoms with Gasteiger partial charge >= 0.3 is 5.97 Å². The summed E-state index contributed by atoms with van der Waals surface area (Å²) in [4.78, 5) is 23.6. The molecule has 1 aromatic carbocycles. The number of rotatable bonds is 7. The Hall–Kier alpha value is -2.11. The van der Waals surface area contributed by atoms with E-state index >= 15 is 0 Å². The Morgan fingerprint density at radius 1 is 1.37 bits per heavy atom. The number of ether oxygens (including phenoxy) is 1. The molecule has 0 fully saturated rings. The van der Waals surface area contributed by atoms with Crippen molar-refractivity contribution in [3.8, 4) is 5.75 Å². The first kappa shape index (κ1) is 14.9. The number of carbonyl (C=O) groups excluding carboxylic acids is 1. The lowest BCUT2D eigenvalue weighted by Crippen LogP contribution is -2.36. The SMILES string of the molecule is CCN(CCC(=O)O)C(=O)COc1ccccc1F. The van der Waals surface area contributed by atoms with E-state index in [1.54, 1.807) is 13.0 Å². The van der Waals surface area contributed by atoms with Crippen LogP contribution in [0.2, 0.25) is 0 Å². The maximum atomic E-state index is 13.2. The molecule has 0 heterocycles. The zero-order valence-electron chi connectivity index (χ0n) is 10.6. The van der Waals surface area contributed by atoms with Gasteiger partial charge in [-0.15, -0.1) is 0 Å². The van der Waals surface area contributed by atoms with Gasteiger partial charge in [0.1, 0.15) is 0 Å². The van der Waals surface area contributed by atoms with Crippen LogP contribution >= 0.6 is 0 Å². The lowest BCUT2D eigenvalue weighted by molar-refractivity contribution is -0.139. The Morgan fingerprint density at radius 3 is 2.63 bits per heavy atom. The van der Waals surface area contributed by atoms with Gasteiger partial charge < -0.3 is 14.7 Å². The van der Waals surface area contributed by atoms with Crippen molar-refractivity contribution < 1.29 is 23.8 Å². The van der Waals surface area contributed by atoms with Crippen molar-refractivity contribution in [3.63, 3.8) is 0 Å². The highest BCUT2D eigenvalue weighted by atomic mass is 19.1. The Morgan fingerprint density at radius 2 is 2.05 bits per heavy atom. The fraction of sp³-hybridized carbons (Fsp3) is 0.385. The summed E-state index contributed by atoms with van der Waals surface area (Å²) in [5.74, 6) is -1.87. The largest absolute Gasteiger partial charge is 0.481 e. The molecule has 6 heteroatoms. The van der Waals surface area contributed by atoms with E-state index in [9.17, 15) is 14.0 Å². The van der Waals surface area contributed by atoms with Crippen LogP contribution in [0.3, 0.4) is 0 Å². The fourth-order valence-corrected chi connectivity index (χ4v) is 1.48. The number of hydrogen-bond donors (Lipinski definition) is 1. The average Bonchev–Trinajstić information content (AvgIpc) is 2.38. The molecule has 0 atom stereocenters. The molecule has 0 aromatic heterocycles. The highest BCUT2D eigenvalue weighted by Crippen LogP contribution is 2.15. The second kappa shape index (κ2) is 7.35. The smallest absolute Gasteiger partial charge is 0.305 e. The van der Waals surface area contributed by atoms with E-state index in [2.05, 4.69) is 0 Å². The van der Waals surface area contributed by atoms with E-state index in [0.29, 0.717) is 6.54 Å². The lowest BCUT2D eigenvalue weighted by atomic mass is 10.3. The van der Waals surface area contributed by atoms with Crippen molar-refractivity contribution in [2.24, 2.45) is 0 Å². The van der Waals surface area contributed by atoms with Crippen LogP contribution in [0, 0.1) is 5.82 Å². The summed E-state index contributed by atoms with van der Waals surface area (Å²) < 4.78 is 18.3. The van der Waals surface area contributed by atoms with Crippen LogP contribution in [0.1, 0.15) is 13.3 Å². The zero-order chi connectivity index (χ0) is 14.3. The standard InChI is InChI=1S/C13H16FNO4/c1-2-15(8-7-13(17)18)12(16)9-19-11-6-4-3-5-10(11)14/h3-6H,2,7-9H2,1H3,(H,17,18). The molecule has 5 nitrogen and oxygen atoms in total. The molecule has 0 radical (unpaired) electrons. The molecule has 104 valence electrons. The van der Waals surface area contributed by atoms with E-state index in [0.717, 1.165) is 0 Å². The van der Waals surface area contributed by atoms with Gasteiger partial charge in [0.05, 0.1) is 6.42 Å². The monoisotopic (exact) mass is 269 g/mol. The van der Waals surface area contributed by atoms with Crippen molar-refractivity contribution in [3.05, 3.63) is 30.1 Å². The quantitative estimate of drug-likeness (QED) is 0.815. The highest BCUT2D eigenvalue weighted by molar-refractivity contribution is 5.78. The van der Waals surface area contributed by atoms with Gasteiger partial charge in [-0.2, -0.15) is 0 Å². The summed E-state index contributed by atoms with van der Waals surface area (Å²) in [5, 5.41) is 8.57. The first-order chi connectivity index (χ1) is 9.04. The van der Waals surface area contributed by atoms with Crippen molar-refractivity contribution in [2.75, 3.05) is 19.7 Å². The van der Waals surface area contributed by atoms with Gasteiger partial charge in [0.25, 0.3) is 5.91 Å². The molecule has 0 saturated carbocycles. The van der Waals surface area contributed by atoms with E-state index in [4.69, 9.17) is 9.84 Å². The van der Waals surface area contributed by atoms with Crippen LogP contribution < -0.4 is 4.74 Å². The summed E-state index contributed by atoms with van der Waals surface area (Å²) >= 11 is 0. The van der Waals surface area contributed by atoms with Gasteiger partial charge in [-0.1, -0.05) is 12.1 Å². The molecule has 0 bridgehead atoms. The van der Waals surface area contributed by atoms with E-state index in [1.807, 2.05) is 0 Å². The molecular weight excluding hydrogens is 253 g/mol. The normalized spacial score (nSPS) is 10.0. The number of amides is 1.